The van der Waals surface area contributed by atoms with Crippen molar-refractivity contribution >= 4 is 28.9 Å². The second-order valence-electron chi connectivity index (χ2n) is 8.38. The minimum atomic E-state index is -4.75. The smallest absolute Gasteiger partial charge is 0.397 e. The summed E-state index contributed by atoms with van der Waals surface area (Å²) in [6, 6.07) is 6.73. The standard InChI is InChI=1S/C24H22F4N6O3/c25-15-1-4-20(19(8-15)24(26,27)28)33-18-3-2-17(31-12-18)11-32-22(36)23(5-6-37-13-23)34-21(35)14-7-16(29)10-30-9-14/h1-4,7-10,12,33H,5-6,11,13,29H2,(H,32,36)(H,34,35). The van der Waals surface area contributed by atoms with Gasteiger partial charge in [-0.3, -0.25) is 19.6 Å². The van der Waals surface area contributed by atoms with E-state index in [4.69, 9.17) is 10.5 Å². The molecule has 9 nitrogen and oxygen atoms in total. The highest BCUT2D eigenvalue weighted by Crippen LogP contribution is 2.36. The number of ether oxygens (including phenoxy) is 1. The number of hydrogen-bond donors (Lipinski definition) is 4. The fraction of sp³-hybridized carbons (Fsp3) is 0.250. The molecule has 1 aliphatic heterocycles. The second-order valence-corrected chi connectivity index (χ2v) is 8.38. The summed E-state index contributed by atoms with van der Waals surface area (Å²) in [4.78, 5) is 33.7. The number of nitrogens with one attached hydrogen (secondary N) is 3. The molecule has 0 radical (unpaired) electrons. The number of nitrogens with two attached hydrogens (primary N) is 1. The molecule has 5 N–H and O–H groups in total. The van der Waals surface area contributed by atoms with Gasteiger partial charge in [-0.25, -0.2) is 4.39 Å². The molecule has 1 aliphatic rings. The van der Waals surface area contributed by atoms with E-state index in [9.17, 15) is 27.2 Å². The van der Waals surface area contributed by atoms with Gasteiger partial charge in [0.1, 0.15) is 11.4 Å². The molecule has 37 heavy (non-hydrogen) atoms. The van der Waals surface area contributed by atoms with Crippen LogP contribution in [-0.4, -0.2) is 40.5 Å². The molecule has 13 heteroatoms. The van der Waals surface area contributed by atoms with E-state index in [0.29, 0.717) is 17.4 Å². The fourth-order valence-corrected chi connectivity index (χ4v) is 3.73. The summed E-state index contributed by atoms with van der Waals surface area (Å²) >= 11 is 0. The Morgan fingerprint density at radius 1 is 1.11 bits per heavy atom. The number of hydrogen-bond acceptors (Lipinski definition) is 7. The molecule has 0 aliphatic carbocycles. The largest absolute Gasteiger partial charge is 0.418 e. The summed E-state index contributed by atoms with van der Waals surface area (Å²) in [6.45, 7) is 0.224. The van der Waals surface area contributed by atoms with Crippen LogP contribution < -0.4 is 21.7 Å². The van der Waals surface area contributed by atoms with Crippen LogP contribution in [0.2, 0.25) is 0 Å². The van der Waals surface area contributed by atoms with Gasteiger partial charge in [0.15, 0.2) is 0 Å². The lowest BCUT2D eigenvalue weighted by molar-refractivity contribution is -0.137. The molecule has 1 atom stereocenters. The van der Waals surface area contributed by atoms with Gasteiger partial charge in [0.25, 0.3) is 5.91 Å². The van der Waals surface area contributed by atoms with Crippen molar-refractivity contribution in [2.45, 2.75) is 24.7 Å². The van der Waals surface area contributed by atoms with E-state index >= 15 is 0 Å². The van der Waals surface area contributed by atoms with Gasteiger partial charge in [-0.1, -0.05) is 0 Å². The lowest BCUT2D eigenvalue weighted by atomic mass is 9.96. The first-order valence-electron chi connectivity index (χ1n) is 11.0. The molecule has 3 aromatic rings. The maximum atomic E-state index is 13.3. The van der Waals surface area contributed by atoms with Gasteiger partial charge < -0.3 is 26.4 Å². The fourth-order valence-electron chi connectivity index (χ4n) is 3.73. The Morgan fingerprint density at radius 2 is 1.92 bits per heavy atom. The molecule has 0 bridgehead atoms. The molecule has 1 unspecified atom stereocenters. The average Bonchev–Trinajstić information content (AvgIpc) is 3.33. The van der Waals surface area contributed by atoms with Crippen molar-refractivity contribution in [3.63, 3.8) is 0 Å². The van der Waals surface area contributed by atoms with Crippen LogP contribution in [0.15, 0.2) is 55.0 Å². The minimum absolute atomic E-state index is 0.0130. The number of benzene rings is 1. The first-order valence-corrected chi connectivity index (χ1v) is 11.0. The number of anilines is 3. The van der Waals surface area contributed by atoms with Gasteiger partial charge in [0, 0.05) is 25.4 Å². The number of aromatic nitrogens is 2. The Morgan fingerprint density at radius 3 is 2.57 bits per heavy atom. The molecular weight excluding hydrogens is 496 g/mol. The van der Waals surface area contributed by atoms with Crippen molar-refractivity contribution in [1.82, 2.24) is 20.6 Å². The maximum absolute atomic E-state index is 13.3. The van der Waals surface area contributed by atoms with Crippen LogP contribution in [0.4, 0.5) is 34.6 Å². The van der Waals surface area contributed by atoms with E-state index in [1.807, 2.05) is 0 Å². The number of amides is 2. The van der Waals surface area contributed by atoms with E-state index in [-0.39, 0.29) is 43.1 Å². The molecule has 194 valence electrons. The van der Waals surface area contributed by atoms with Crippen molar-refractivity contribution < 1.29 is 31.9 Å². The summed E-state index contributed by atoms with van der Waals surface area (Å²) in [5.74, 6) is -2.03. The Balaban J connectivity index is 1.40. The van der Waals surface area contributed by atoms with E-state index in [1.165, 1.54) is 36.8 Å². The molecule has 4 rings (SSSR count). The summed E-state index contributed by atoms with van der Waals surface area (Å²) in [5, 5.41) is 7.99. The van der Waals surface area contributed by atoms with Gasteiger partial charge in [0.2, 0.25) is 5.91 Å². The Bertz CT molecular complexity index is 1290. The van der Waals surface area contributed by atoms with Crippen LogP contribution in [0.5, 0.6) is 0 Å². The molecule has 0 saturated carbocycles. The average molecular weight is 518 g/mol. The van der Waals surface area contributed by atoms with Crippen LogP contribution in [0.25, 0.3) is 0 Å². The summed E-state index contributed by atoms with van der Waals surface area (Å²) in [5.41, 5.74) is 4.02. The molecular formula is C24H22F4N6O3. The summed E-state index contributed by atoms with van der Waals surface area (Å²) < 4.78 is 58.3. The minimum Gasteiger partial charge on any atom is -0.397 e. The van der Waals surface area contributed by atoms with Crippen LogP contribution in [-0.2, 0) is 22.3 Å². The van der Waals surface area contributed by atoms with Crippen molar-refractivity contribution in [2.75, 3.05) is 24.3 Å². The van der Waals surface area contributed by atoms with Crippen LogP contribution in [0.1, 0.15) is 28.0 Å². The number of pyridine rings is 2. The predicted molar refractivity (Wildman–Crippen MR) is 125 cm³/mol. The maximum Gasteiger partial charge on any atom is 0.418 e. The van der Waals surface area contributed by atoms with Crippen LogP contribution in [0.3, 0.4) is 0 Å². The molecule has 1 aromatic carbocycles. The number of rotatable bonds is 7. The van der Waals surface area contributed by atoms with Gasteiger partial charge >= 0.3 is 6.18 Å². The normalized spacial score (nSPS) is 17.3. The van der Waals surface area contributed by atoms with Crippen LogP contribution in [0, 0.1) is 5.82 Å². The summed E-state index contributed by atoms with van der Waals surface area (Å²) in [6.07, 6.45) is -0.498. The van der Waals surface area contributed by atoms with Gasteiger partial charge in [-0.15, -0.1) is 0 Å². The van der Waals surface area contributed by atoms with E-state index in [1.54, 1.807) is 0 Å². The third-order valence-electron chi connectivity index (χ3n) is 5.65. The monoisotopic (exact) mass is 518 g/mol. The zero-order chi connectivity index (χ0) is 26.6. The SMILES string of the molecule is Nc1cncc(C(=O)NC2(C(=O)NCc3ccc(Nc4ccc(F)cc4C(F)(F)F)cn3)CCOC2)c1. The summed E-state index contributed by atoms with van der Waals surface area (Å²) in [7, 11) is 0. The molecule has 1 fully saturated rings. The van der Waals surface area contributed by atoms with Crippen molar-refractivity contribution in [3.8, 4) is 0 Å². The third-order valence-corrected chi connectivity index (χ3v) is 5.65. The van der Waals surface area contributed by atoms with Gasteiger partial charge in [-0.05, 0) is 36.4 Å². The predicted octanol–water partition coefficient (Wildman–Crippen LogP) is 3.17. The topological polar surface area (TPSA) is 131 Å². The van der Waals surface area contributed by atoms with Gasteiger partial charge in [-0.2, -0.15) is 13.2 Å². The number of carbonyl (C=O) groups is 2. The Kier molecular flexibility index (Phi) is 7.25. The lowest BCUT2D eigenvalue weighted by Crippen LogP contribution is -2.59. The zero-order valence-corrected chi connectivity index (χ0v) is 19.2. The molecule has 0 spiro atoms. The highest BCUT2D eigenvalue weighted by molar-refractivity contribution is 5.99. The Hall–Kier alpha value is -4.26. The second kappa shape index (κ2) is 10.4. The molecule has 3 heterocycles. The molecule has 2 aromatic heterocycles. The number of nitrogens with zero attached hydrogens (tertiary/aromatic N) is 2. The first kappa shape index (κ1) is 25.8. The lowest BCUT2D eigenvalue weighted by Gasteiger charge is -2.27. The first-order chi connectivity index (χ1) is 17.6. The van der Waals surface area contributed by atoms with Crippen molar-refractivity contribution in [1.29, 1.82) is 0 Å². The Labute approximate surface area is 208 Å². The van der Waals surface area contributed by atoms with Gasteiger partial charge in [0.05, 0.1) is 53.2 Å². The highest BCUT2D eigenvalue weighted by atomic mass is 19.4. The van der Waals surface area contributed by atoms with E-state index in [0.717, 1.165) is 12.1 Å². The highest BCUT2D eigenvalue weighted by Gasteiger charge is 2.43. The molecule has 1 saturated heterocycles. The van der Waals surface area contributed by atoms with E-state index < -0.39 is 34.9 Å². The molecule has 2 amide bonds. The van der Waals surface area contributed by atoms with E-state index in [2.05, 4.69) is 25.9 Å². The zero-order valence-electron chi connectivity index (χ0n) is 19.2. The number of halogens is 4. The number of nitrogen functional groups attached to an aromatic ring is 1. The van der Waals surface area contributed by atoms with Crippen molar-refractivity contribution in [3.05, 3.63) is 77.6 Å². The van der Waals surface area contributed by atoms with Crippen molar-refractivity contribution in [2.24, 2.45) is 0 Å². The van der Waals surface area contributed by atoms with Crippen LogP contribution >= 0.6 is 0 Å². The quantitative estimate of drug-likeness (QED) is 0.354. The number of alkyl halides is 3. The number of carbonyl (C=O) groups excluding carboxylic acids is 2. The third kappa shape index (κ3) is 6.12.